The third kappa shape index (κ3) is 2.38. The fraction of sp³-hybridized carbons (Fsp3) is 0.467. The minimum absolute atomic E-state index is 0.0481. The number of nitrogens with zero attached hydrogens (tertiary/aromatic N) is 2. The zero-order valence-electron chi connectivity index (χ0n) is 12.2. The van der Waals surface area contributed by atoms with Gasteiger partial charge in [-0.05, 0) is 19.9 Å². The molecule has 0 bridgehead atoms. The van der Waals surface area contributed by atoms with Gasteiger partial charge in [0.1, 0.15) is 0 Å². The van der Waals surface area contributed by atoms with Crippen LogP contribution in [0.15, 0.2) is 17.1 Å². The molecule has 0 aliphatic carbocycles. The fourth-order valence-electron chi connectivity index (χ4n) is 2.70. The molecular formula is C15H18N2O3S. The van der Waals surface area contributed by atoms with Gasteiger partial charge in [-0.2, -0.15) is 0 Å². The van der Waals surface area contributed by atoms with Gasteiger partial charge in [-0.15, -0.1) is 11.3 Å². The Morgan fingerprint density at radius 1 is 1.38 bits per heavy atom. The Morgan fingerprint density at radius 3 is 2.76 bits per heavy atom. The molecule has 112 valence electrons. The third-order valence-corrected chi connectivity index (χ3v) is 4.92. The van der Waals surface area contributed by atoms with Crippen LogP contribution >= 0.6 is 11.3 Å². The van der Waals surface area contributed by atoms with E-state index >= 15 is 0 Å². The number of carbonyl (C=O) groups is 1. The zero-order chi connectivity index (χ0) is 15.0. The lowest BCUT2D eigenvalue weighted by atomic mass is 10.1. The molecule has 0 spiro atoms. The Hall–Kier alpha value is -1.66. The Bertz CT molecular complexity index is 741. The molecule has 2 aromatic heterocycles. The van der Waals surface area contributed by atoms with Crippen LogP contribution in [-0.2, 0) is 11.3 Å². The number of rotatable bonds is 2. The van der Waals surface area contributed by atoms with Gasteiger partial charge in [0.15, 0.2) is 0 Å². The molecule has 1 saturated heterocycles. The zero-order valence-corrected chi connectivity index (χ0v) is 13.0. The van der Waals surface area contributed by atoms with Gasteiger partial charge in [0, 0.05) is 35.4 Å². The van der Waals surface area contributed by atoms with E-state index in [-0.39, 0.29) is 11.5 Å². The van der Waals surface area contributed by atoms with Crippen molar-refractivity contribution in [2.75, 3.05) is 26.3 Å². The second kappa shape index (κ2) is 5.61. The smallest absolute Gasteiger partial charge is 0.260 e. The Labute approximate surface area is 126 Å². The number of carbonyl (C=O) groups excluding carboxylic acids is 1. The number of hydrogen-bond donors (Lipinski definition) is 0. The van der Waals surface area contributed by atoms with Crippen LogP contribution in [-0.4, -0.2) is 41.7 Å². The van der Waals surface area contributed by atoms with E-state index in [2.05, 4.69) is 0 Å². The van der Waals surface area contributed by atoms with Crippen molar-refractivity contribution in [1.29, 1.82) is 0 Å². The first-order valence-electron chi connectivity index (χ1n) is 7.13. The largest absolute Gasteiger partial charge is 0.378 e. The van der Waals surface area contributed by atoms with Gasteiger partial charge in [0.05, 0.1) is 24.2 Å². The lowest BCUT2D eigenvalue weighted by Gasteiger charge is -2.27. The van der Waals surface area contributed by atoms with Gasteiger partial charge in [-0.25, -0.2) is 0 Å². The highest BCUT2D eigenvalue weighted by atomic mass is 32.1. The second-order valence-corrected chi connectivity index (χ2v) is 6.34. The topological polar surface area (TPSA) is 51.5 Å². The van der Waals surface area contributed by atoms with Crippen molar-refractivity contribution in [3.63, 3.8) is 0 Å². The van der Waals surface area contributed by atoms with Gasteiger partial charge in [0.2, 0.25) is 0 Å². The van der Waals surface area contributed by atoms with Gasteiger partial charge in [-0.3, -0.25) is 9.59 Å². The van der Waals surface area contributed by atoms with Crippen molar-refractivity contribution in [2.45, 2.75) is 20.4 Å². The summed E-state index contributed by atoms with van der Waals surface area (Å²) in [7, 11) is 0. The summed E-state index contributed by atoms with van der Waals surface area (Å²) in [6.45, 7) is 6.74. The molecule has 3 heterocycles. The summed E-state index contributed by atoms with van der Waals surface area (Å²) in [5.41, 5.74) is 0.501. The minimum atomic E-state index is -0.0732. The number of morpholine rings is 1. The Balaban J connectivity index is 2.14. The number of aromatic nitrogens is 1. The average molecular weight is 306 g/mol. The first-order valence-corrected chi connectivity index (χ1v) is 7.94. The molecule has 1 aliphatic rings. The van der Waals surface area contributed by atoms with E-state index in [1.54, 1.807) is 15.7 Å². The Morgan fingerprint density at radius 2 is 2.10 bits per heavy atom. The van der Waals surface area contributed by atoms with Crippen molar-refractivity contribution in [1.82, 2.24) is 9.47 Å². The van der Waals surface area contributed by atoms with E-state index < -0.39 is 0 Å². The molecule has 0 atom stereocenters. The molecule has 3 rings (SSSR count). The van der Waals surface area contributed by atoms with E-state index in [0.29, 0.717) is 43.8 Å². The summed E-state index contributed by atoms with van der Waals surface area (Å²) in [6.07, 6.45) is 1.80. The lowest BCUT2D eigenvalue weighted by molar-refractivity contribution is 0.0304. The van der Waals surface area contributed by atoms with E-state index in [1.165, 1.54) is 11.3 Å². The van der Waals surface area contributed by atoms with Crippen molar-refractivity contribution in [3.8, 4) is 0 Å². The van der Waals surface area contributed by atoms with Crippen molar-refractivity contribution in [2.24, 2.45) is 0 Å². The highest BCUT2D eigenvalue weighted by molar-refractivity contribution is 7.19. The maximum absolute atomic E-state index is 12.8. The van der Waals surface area contributed by atoms with Crippen LogP contribution in [0, 0.1) is 6.92 Å². The molecule has 1 aliphatic heterocycles. The molecule has 0 saturated carbocycles. The molecule has 2 aromatic rings. The molecular weight excluding hydrogens is 288 g/mol. The van der Waals surface area contributed by atoms with Crippen molar-refractivity contribution < 1.29 is 9.53 Å². The van der Waals surface area contributed by atoms with E-state index in [9.17, 15) is 9.59 Å². The number of aryl methyl sites for hydroxylation is 2. The summed E-state index contributed by atoms with van der Waals surface area (Å²) in [6, 6.07) is 1.92. The van der Waals surface area contributed by atoms with Crippen LogP contribution in [0.3, 0.4) is 0 Å². The molecule has 0 aromatic carbocycles. The average Bonchev–Trinajstić information content (AvgIpc) is 2.85. The third-order valence-electron chi connectivity index (χ3n) is 3.84. The summed E-state index contributed by atoms with van der Waals surface area (Å²) in [4.78, 5) is 28.0. The predicted molar refractivity (Wildman–Crippen MR) is 83.2 cm³/mol. The molecule has 21 heavy (non-hydrogen) atoms. The molecule has 6 heteroatoms. The van der Waals surface area contributed by atoms with Crippen molar-refractivity contribution in [3.05, 3.63) is 33.1 Å². The monoisotopic (exact) mass is 306 g/mol. The van der Waals surface area contributed by atoms with Crippen LogP contribution in [0.5, 0.6) is 0 Å². The predicted octanol–water partition coefficient (Wildman–Crippen LogP) is 1.86. The van der Waals surface area contributed by atoms with Crippen LogP contribution in [0.1, 0.15) is 22.2 Å². The first kappa shape index (κ1) is 14.3. The number of pyridine rings is 1. The van der Waals surface area contributed by atoms with E-state index in [4.69, 9.17) is 4.74 Å². The van der Waals surface area contributed by atoms with Gasteiger partial charge in [-0.1, -0.05) is 0 Å². The maximum Gasteiger partial charge on any atom is 0.260 e. The second-order valence-electron chi connectivity index (χ2n) is 5.08. The Kier molecular flexibility index (Phi) is 3.82. The molecule has 1 fully saturated rings. The highest BCUT2D eigenvalue weighted by Gasteiger charge is 2.25. The normalized spacial score (nSPS) is 15.6. The first-order chi connectivity index (χ1) is 10.1. The summed E-state index contributed by atoms with van der Waals surface area (Å²) in [5.74, 6) is -0.0481. The summed E-state index contributed by atoms with van der Waals surface area (Å²) < 4.78 is 7.82. The maximum atomic E-state index is 12.8. The van der Waals surface area contributed by atoms with Crippen LogP contribution < -0.4 is 5.56 Å². The van der Waals surface area contributed by atoms with Crippen molar-refractivity contribution >= 4 is 27.3 Å². The van der Waals surface area contributed by atoms with Gasteiger partial charge >= 0.3 is 0 Å². The molecule has 5 nitrogen and oxygen atoms in total. The highest BCUT2D eigenvalue weighted by Crippen LogP contribution is 2.29. The number of thiophene rings is 1. The fourth-order valence-corrected chi connectivity index (χ4v) is 3.74. The van der Waals surface area contributed by atoms with Crippen LogP contribution in [0.25, 0.3) is 10.1 Å². The minimum Gasteiger partial charge on any atom is -0.378 e. The molecule has 0 radical (unpaired) electrons. The number of ether oxygens (including phenoxy) is 1. The van der Waals surface area contributed by atoms with Crippen LogP contribution in [0.2, 0.25) is 0 Å². The quantitative estimate of drug-likeness (QED) is 0.851. The molecule has 0 N–H and O–H groups in total. The SMILES string of the molecule is CCn1ccc2sc(C)c(C(=O)N3CCOCC3)c2c1=O. The number of hydrogen-bond acceptors (Lipinski definition) is 4. The van der Waals surface area contributed by atoms with Gasteiger partial charge < -0.3 is 14.2 Å². The summed E-state index contributed by atoms with van der Waals surface area (Å²) >= 11 is 1.51. The number of amides is 1. The van der Waals surface area contributed by atoms with Crippen LogP contribution in [0.4, 0.5) is 0 Å². The molecule has 1 amide bonds. The van der Waals surface area contributed by atoms with Gasteiger partial charge in [0.25, 0.3) is 11.5 Å². The number of fused-ring (bicyclic) bond motifs is 1. The van der Waals surface area contributed by atoms with E-state index in [0.717, 1.165) is 9.58 Å². The van der Waals surface area contributed by atoms with E-state index in [1.807, 2.05) is 19.9 Å². The standard InChI is InChI=1S/C15H18N2O3S/c1-3-16-5-4-11-13(15(16)19)12(10(2)21-11)14(18)17-6-8-20-9-7-17/h4-5H,3,6-9H2,1-2H3. The summed E-state index contributed by atoms with van der Waals surface area (Å²) in [5, 5.41) is 0.568. The lowest BCUT2D eigenvalue weighted by Crippen LogP contribution is -2.41. The molecule has 0 unspecified atom stereocenters.